The van der Waals surface area contributed by atoms with Gasteiger partial charge >= 0.3 is 5.97 Å². The third kappa shape index (κ3) is 1.86. The molecule has 0 aliphatic rings. The fourth-order valence-electron chi connectivity index (χ4n) is 1.48. The van der Waals surface area contributed by atoms with Gasteiger partial charge in [0.2, 0.25) is 0 Å². The Balaban J connectivity index is 2.62. The lowest BCUT2D eigenvalue weighted by Crippen LogP contribution is -1.97. The molecular weight excluding hydrogens is 272 g/mol. The second-order valence-corrected chi connectivity index (χ2v) is 4.30. The number of carboxylic acids is 1. The summed E-state index contributed by atoms with van der Waals surface area (Å²) in [6, 6.07) is 5.74. The summed E-state index contributed by atoms with van der Waals surface area (Å²) in [6.45, 7) is 1.95. The Morgan fingerprint density at radius 1 is 1.50 bits per heavy atom. The van der Waals surface area contributed by atoms with Gasteiger partial charge in [-0.2, -0.15) is 5.10 Å². The van der Waals surface area contributed by atoms with Gasteiger partial charge in [0.25, 0.3) is 0 Å². The van der Waals surface area contributed by atoms with Crippen LogP contribution in [0.1, 0.15) is 15.9 Å². The molecule has 0 aliphatic heterocycles. The zero-order valence-electron chi connectivity index (χ0n) is 8.49. The van der Waals surface area contributed by atoms with Crippen LogP contribution in [0.4, 0.5) is 0 Å². The first kappa shape index (κ1) is 10.9. The Bertz CT molecular complexity index is 549. The number of aryl methyl sites for hydroxylation is 1. The van der Waals surface area contributed by atoms with Crippen LogP contribution < -0.4 is 0 Å². The van der Waals surface area contributed by atoms with Crippen LogP contribution >= 0.6 is 15.9 Å². The number of nitrogens with one attached hydrogen (secondary N) is 1. The highest BCUT2D eigenvalue weighted by molar-refractivity contribution is 9.10. The van der Waals surface area contributed by atoms with E-state index in [0.29, 0.717) is 5.69 Å². The molecule has 1 aromatic carbocycles. The Morgan fingerprint density at radius 2 is 2.25 bits per heavy atom. The molecule has 4 nitrogen and oxygen atoms in total. The zero-order valence-corrected chi connectivity index (χ0v) is 10.1. The number of carboxylic acid groups (broad SMARTS) is 1. The molecule has 82 valence electrons. The van der Waals surface area contributed by atoms with Crippen molar-refractivity contribution in [2.45, 2.75) is 6.92 Å². The van der Waals surface area contributed by atoms with Crippen molar-refractivity contribution in [3.63, 3.8) is 0 Å². The smallest absolute Gasteiger partial charge is 0.339 e. The van der Waals surface area contributed by atoms with Gasteiger partial charge in [0.15, 0.2) is 0 Å². The maximum atomic E-state index is 11.0. The minimum Gasteiger partial charge on any atom is -0.478 e. The molecule has 16 heavy (non-hydrogen) atoms. The van der Waals surface area contributed by atoms with Crippen molar-refractivity contribution in [1.82, 2.24) is 10.2 Å². The summed E-state index contributed by atoms with van der Waals surface area (Å²) in [5.41, 5.74) is 2.55. The third-order valence-corrected chi connectivity index (χ3v) is 2.95. The van der Waals surface area contributed by atoms with Crippen LogP contribution in [0.2, 0.25) is 0 Å². The van der Waals surface area contributed by atoms with E-state index in [2.05, 4.69) is 26.1 Å². The van der Waals surface area contributed by atoms with Crippen LogP contribution in [-0.2, 0) is 0 Å². The molecule has 2 aromatic rings. The summed E-state index contributed by atoms with van der Waals surface area (Å²) in [6.07, 6.45) is 1.31. The quantitative estimate of drug-likeness (QED) is 0.889. The lowest BCUT2D eigenvalue weighted by atomic mass is 10.1. The first-order valence-electron chi connectivity index (χ1n) is 4.63. The summed E-state index contributed by atoms with van der Waals surface area (Å²) in [5, 5.41) is 15.5. The summed E-state index contributed by atoms with van der Waals surface area (Å²) >= 11 is 3.39. The average molecular weight is 281 g/mol. The molecule has 0 radical (unpaired) electrons. The molecule has 5 heteroatoms. The monoisotopic (exact) mass is 280 g/mol. The fraction of sp³-hybridized carbons (Fsp3) is 0.0909. The number of rotatable bonds is 2. The second-order valence-electron chi connectivity index (χ2n) is 3.45. The molecule has 1 aromatic heterocycles. The van der Waals surface area contributed by atoms with Gasteiger partial charge in [0.05, 0.1) is 11.9 Å². The van der Waals surface area contributed by atoms with Crippen molar-refractivity contribution >= 4 is 21.9 Å². The van der Waals surface area contributed by atoms with Crippen molar-refractivity contribution < 1.29 is 9.90 Å². The van der Waals surface area contributed by atoms with E-state index in [1.165, 1.54) is 6.20 Å². The molecular formula is C11H9BrN2O2. The van der Waals surface area contributed by atoms with E-state index < -0.39 is 5.97 Å². The van der Waals surface area contributed by atoms with Crippen LogP contribution in [0.15, 0.2) is 28.9 Å². The molecule has 0 saturated carbocycles. The molecule has 1 heterocycles. The minimum atomic E-state index is -0.989. The number of halogens is 1. The van der Waals surface area contributed by atoms with Crippen molar-refractivity contribution in [1.29, 1.82) is 0 Å². The largest absolute Gasteiger partial charge is 0.478 e. The highest BCUT2D eigenvalue weighted by Crippen LogP contribution is 2.29. The normalized spacial score (nSPS) is 10.4. The number of hydrogen-bond donors (Lipinski definition) is 2. The molecule has 0 atom stereocenters. The van der Waals surface area contributed by atoms with Crippen LogP contribution in [0.25, 0.3) is 11.3 Å². The number of aromatic nitrogens is 2. The molecule has 0 saturated heterocycles. The topological polar surface area (TPSA) is 66.0 Å². The molecule has 0 fully saturated rings. The average Bonchev–Trinajstić information content (AvgIpc) is 2.70. The molecule has 0 spiro atoms. The van der Waals surface area contributed by atoms with E-state index in [1.54, 1.807) is 0 Å². The number of carbonyl (C=O) groups is 1. The van der Waals surface area contributed by atoms with Gasteiger partial charge in [-0.25, -0.2) is 4.79 Å². The fourth-order valence-corrected chi connectivity index (χ4v) is 1.93. The van der Waals surface area contributed by atoms with Gasteiger partial charge in [0.1, 0.15) is 5.56 Å². The summed E-state index contributed by atoms with van der Waals surface area (Å²) in [7, 11) is 0. The van der Waals surface area contributed by atoms with Crippen molar-refractivity contribution in [2.75, 3.05) is 0 Å². The maximum absolute atomic E-state index is 11.0. The maximum Gasteiger partial charge on any atom is 0.339 e. The Kier molecular flexibility index (Phi) is 2.78. The standard InChI is InChI=1S/C11H9BrN2O2/c1-6-2-3-9(12)7(4-6)10-8(11(15)16)5-13-14-10/h2-5H,1H3,(H,13,14)(H,15,16). The Hall–Kier alpha value is -1.62. The van der Waals surface area contributed by atoms with E-state index >= 15 is 0 Å². The molecule has 2 N–H and O–H groups in total. The molecule has 0 unspecified atom stereocenters. The minimum absolute atomic E-state index is 0.173. The predicted octanol–water partition coefficient (Wildman–Crippen LogP) is 2.85. The van der Waals surface area contributed by atoms with Crippen molar-refractivity contribution in [3.05, 3.63) is 40.0 Å². The third-order valence-electron chi connectivity index (χ3n) is 2.26. The highest BCUT2D eigenvalue weighted by atomic mass is 79.9. The summed E-state index contributed by atoms with van der Waals surface area (Å²) in [5.74, 6) is -0.989. The second kappa shape index (κ2) is 4.09. The van der Waals surface area contributed by atoms with Gasteiger partial charge in [0, 0.05) is 10.0 Å². The summed E-state index contributed by atoms with van der Waals surface area (Å²) < 4.78 is 0.838. The van der Waals surface area contributed by atoms with E-state index in [-0.39, 0.29) is 5.56 Å². The van der Waals surface area contributed by atoms with Crippen LogP contribution in [0.5, 0.6) is 0 Å². The van der Waals surface area contributed by atoms with Crippen molar-refractivity contribution in [2.24, 2.45) is 0 Å². The molecule has 0 aliphatic carbocycles. The summed E-state index contributed by atoms with van der Waals surface area (Å²) in [4.78, 5) is 11.0. The Morgan fingerprint density at radius 3 is 2.94 bits per heavy atom. The number of benzene rings is 1. The zero-order chi connectivity index (χ0) is 11.7. The van der Waals surface area contributed by atoms with Gasteiger partial charge < -0.3 is 5.11 Å². The van der Waals surface area contributed by atoms with Gasteiger partial charge in [-0.3, -0.25) is 5.10 Å². The van der Waals surface area contributed by atoms with E-state index in [1.807, 2.05) is 25.1 Å². The van der Waals surface area contributed by atoms with Gasteiger partial charge in [-0.15, -0.1) is 0 Å². The first-order chi connectivity index (χ1) is 7.59. The Labute approximate surface area is 100 Å². The van der Waals surface area contributed by atoms with E-state index in [9.17, 15) is 4.79 Å². The van der Waals surface area contributed by atoms with Crippen molar-refractivity contribution in [3.8, 4) is 11.3 Å². The van der Waals surface area contributed by atoms with Crippen LogP contribution in [-0.4, -0.2) is 21.3 Å². The van der Waals surface area contributed by atoms with Crippen LogP contribution in [0.3, 0.4) is 0 Å². The predicted molar refractivity (Wildman–Crippen MR) is 63.4 cm³/mol. The lowest BCUT2D eigenvalue weighted by Gasteiger charge is -2.04. The molecule has 0 amide bonds. The number of hydrogen-bond acceptors (Lipinski definition) is 2. The number of H-pyrrole nitrogens is 1. The SMILES string of the molecule is Cc1ccc(Br)c(-c2[nH]ncc2C(=O)O)c1. The van der Waals surface area contributed by atoms with E-state index in [4.69, 9.17) is 5.11 Å². The van der Waals surface area contributed by atoms with Gasteiger partial charge in [-0.05, 0) is 19.1 Å². The lowest BCUT2D eigenvalue weighted by molar-refractivity contribution is 0.0698. The molecule has 0 bridgehead atoms. The number of aromatic amines is 1. The first-order valence-corrected chi connectivity index (χ1v) is 5.42. The molecule has 2 rings (SSSR count). The highest BCUT2D eigenvalue weighted by Gasteiger charge is 2.15. The van der Waals surface area contributed by atoms with Gasteiger partial charge in [-0.1, -0.05) is 27.6 Å². The van der Waals surface area contributed by atoms with Crippen LogP contribution in [0, 0.1) is 6.92 Å². The number of aromatic carboxylic acids is 1. The number of nitrogens with zero attached hydrogens (tertiary/aromatic N) is 1. The van der Waals surface area contributed by atoms with E-state index in [0.717, 1.165) is 15.6 Å².